The van der Waals surface area contributed by atoms with E-state index in [1.807, 2.05) is 32.0 Å². The maximum absolute atomic E-state index is 12.4. The van der Waals surface area contributed by atoms with E-state index in [9.17, 15) is 9.59 Å². The second-order valence-electron chi connectivity index (χ2n) is 4.53. The first-order valence-electron chi connectivity index (χ1n) is 5.76. The molecule has 1 aliphatic heterocycles. The lowest BCUT2D eigenvalue weighted by atomic mass is 9.92. The van der Waals surface area contributed by atoms with Crippen molar-refractivity contribution in [2.75, 3.05) is 4.90 Å². The molecule has 4 nitrogen and oxygen atoms in total. The Hall–Kier alpha value is -1.75. The molecule has 1 heterocycles. The van der Waals surface area contributed by atoms with Crippen LogP contribution in [-0.4, -0.2) is 16.9 Å². The third-order valence-electron chi connectivity index (χ3n) is 2.88. The van der Waals surface area contributed by atoms with Gasteiger partial charge in [0.1, 0.15) is 5.92 Å². The molecule has 0 radical (unpaired) electrons. The molecule has 0 bridgehead atoms. The zero-order chi connectivity index (χ0) is 13.3. The first-order valence-corrected chi connectivity index (χ1v) is 6.17. The van der Waals surface area contributed by atoms with Gasteiger partial charge in [-0.05, 0) is 30.3 Å². The summed E-state index contributed by atoms with van der Waals surface area (Å²) < 4.78 is 0. The smallest absolute Gasteiger partial charge is 0.246 e. The third kappa shape index (κ3) is 2.13. The van der Waals surface area contributed by atoms with E-state index >= 15 is 0 Å². The second-order valence-corrected chi connectivity index (χ2v) is 4.91. The molecule has 1 atom stereocenters. The minimum absolute atomic E-state index is 0.0631. The largest absolute Gasteiger partial charge is 0.302 e. The average molecular weight is 262 g/mol. The van der Waals surface area contributed by atoms with Crippen LogP contribution in [0.4, 0.5) is 5.69 Å². The van der Waals surface area contributed by atoms with Gasteiger partial charge in [0.05, 0.1) is 5.69 Å². The number of amides is 2. The van der Waals surface area contributed by atoms with E-state index in [2.05, 4.69) is 5.32 Å². The molecule has 1 unspecified atom stereocenters. The molecule has 0 saturated carbocycles. The van der Waals surface area contributed by atoms with Crippen LogP contribution in [0.2, 0.25) is 0 Å². The summed E-state index contributed by atoms with van der Waals surface area (Å²) in [6.07, 6.45) is 0. The van der Waals surface area contributed by atoms with Crippen molar-refractivity contribution in [2.45, 2.75) is 13.8 Å². The highest BCUT2D eigenvalue weighted by Gasteiger charge is 2.40. The van der Waals surface area contributed by atoms with Crippen LogP contribution in [0, 0.1) is 11.8 Å². The van der Waals surface area contributed by atoms with Crippen LogP contribution < -0.4 is 10.2 Å². The number of hydrogen-bond acceptors (Lipinski definition) is 3. The number of carbonyl (C=O) groups excluding carboxylic acids is 2. The molecule has 1 aromatic carbocycles. The molecule has 2 rings (SSSR count). The van der Waals surface area contributed by atoms with Gasteiger partial charge in [-0.1, -0.05) is 32.0 Å². The minimum atomic E-state index is -0.683. The minimum Gasteiger partial charge on any atom is -0.302 e. The molecule has 5 heteroatoms. The Morgan fingerprint density at radius 1 is 1.22 bits per heavy atom. The van der Waals surface area contributed by atoms with Crippen molar-refractivity contribution in [3.05, 3.63) is 30.3 Å². The summed E-state index contributed by atoms with van der Waals surface area (Å²) >= 11 is 5.08. The van der Waals surface area contributed by atoms with Crippen LogP contribution in [0.25, 0.3) is 0 Å². The van der Waals surface area contributed by atoms with Crippen LogP contribution >= 0.6 is 12.2 Å². The molecule has 0 aromatic heterocycles. The van der Waals surface area contributed by atoms with Gasteiger partial charge in [0.25, 0.3) is 0 Å². The standard InChI is InChI=1S/C13H14N2O2S/c1-8(2)10-11(16)14-13(18)15(12(10)17)9-6-4-3-5-7-9/h3-8,10H,1-2H3,(H,14,16,18). The van der Waals surface area contributed by atoms with Gasteiger partial charge in [0.2, 0.25) is 11.8 Å². The average Bonchev–Trinajstić information content (AvgIpc) is 2.28. The molecule has 1 aromatic rings. The summed E-state index contributed by atoms with van der Waals surface area (Å²) in [6, 6.07) is 9.09. The molecule has 0 spiro atoms. The fraction of sp³-hybridized carbons (Fsp3) is 0.308. The van der Waals surface area contributed by atoms with Crippen molar-refractivity contribution in [3.63, 3.8) is 0 Å². The highest BCUT2D eigenvalue weighted by molar-refractivity contribution is 7.80. The maximum atomic E-state index is 12.4. The fourth-order valence-corrected chi connectivity index (χ4v) is 2.30. The topological polar surface area (TPSA) is 49.4 Å². The Labute approximate surface area is 111 Å². The van der Waals surface area contributed by atoms with Crippen molar-refractivity contribution in [1.82, 2.24) is 5.32 Å². The Balaban J connectivity index is 2.39. The zero-order valence-corrected chi connectivity index (χ0v) is 11.0. The van der Waals surface area contributed by atoms with E-state index in [1.54, 1.807) is 12.1 Å². The van der Waals surface area contributed by atoms with Crippen molar-refractivity contribution >= 4 is 34.8 Å². The lowest BCUT2D eigenvalue weighted by Gasteiger charge is -2.33. The second kappa shape index (κ2) is 4.86. The molecule has 1 N–H and O–H groups in total. The Morgan fingerprint density at radius 3 is 2.39 bits per heavy atom. The van der Waals surface area contributed by atoms with Crippen molar-refractivity contribution in [1.29, 1.82) is 0 Å². The molecule has 0 aliphatic carbocycles. The van der Waals surface area contributed by atoms with Crippen LogP contribution in [0.1, 0.15) is 13.8 Å². The lowest BCUT2D eigenvalue weighted by Crippen LogP contribution is -2.59. The van der Waals surface area contributed by atoms with Gasteiger partial charge >= 0.3 is 0 Å². The molecule has 1 aliphatic rings. The van der Waals surface area contributed by atoms with Gasteiger partial charge < -0.3 is 5.32 Å². The number of anilines is 1. The Kier molecular flexibility index (Phi) is 3.43. The van der Waals surface area contributed by atoms with Gasteiger partial charge in [-0.15, -0.1) is 0 Å². The third-order valence-corrected chi connectivity index (χ3v) is 3.17. The van der Waals surface area contributed by atoms with E-state index in [0.717, 1.165) is 0 Å². The molecular weight excluding hydrogens is 248 g/mol. The van der Waals surface area contributed by atoms with Gasteiger partial charge in [-0.25, -0.2) is 0 Å². The summed E-state index contributed by atoms with van der Waals surface area (Å²) in [6.45, 7) is 3.69. The van der Waals surface area contributed by atoms with Crippen LogP contribution in [0.3, 0.4) is 0 Å². The quantitative estimate of drug-likeness (QED) is 0.652. The van der Waals surface area contributed by atoms with E-state index in [1.165, 1.54) is 4.90 Å². The van der Waals surface area contributed by atoms with Gasteiger partial charge in [0.15, 0.2) is 5.11 Å². The van der Waals surface area contributed by atoms with Gasteiger partial charge in [-0.2, -0.15) is 0 Å². The Bertz CT molecular complexity index is 499. The maximum Gasteiger partial charge on any atom is 0.246 e. The van der Waals surface area contributed by atoms with Crippen LogP contribution in [0.15, 0.2) is 30.3 Å². The SMILES string of the molecule is CC(C)C1C(=O)NC(=S)N(c2ccccc2)C1=O. The van der Waals surface area contributed by atoms with E-state index in [4.69, 9.17) is 12.2 Å². The molecule has 18 heavy (non-hydrogen) atoms. The number of nitrogens with one attached hydrogen (secondary N) is 1. The molecule has 2 amide bonds. The summed E-state index contributed by atoms with van der Waals surface area (Å²) in [5.74, 6) is -1.32. The van der Waals surface area contributed by atoms with E-state index < -0.39 is 5.92 Å². The molecule has 94 valence electrons. The number of carbonyl (C=O) groups is 2. The van der Waals surface area contributed by atoms with Gasteiger partial charge in [-0.3, -0.25) is 14.5 Å². The predicted molar refractivity (Wildman–Crippen MR) is 73.0 cm³/mol. The lowest BCUT2D eigenvalue weighted by molar-refractivity contribution is -0.135. The zero-order valence-electron chi connectivity index (χ0n) is 10.2. The highest BCUT2D eigenvalue weighted by atomic mass is 32.1. The van der Waals surface area contributed by atoms with E-state index in [0.29, 0.717) is 5.69 Å². The van der Waals surface area contributed by atoms with Gasteiger partial charge in [0, 0.05) is 0 Å². The summed E-state index contributed by atoms with van der Waals surface area (Å²) in [5, 5.41) is 2.73. The monoisotopic (exact) mass is 262 g/mol. The van der Waals surface area contributed by atoms with Crippen molar-refractivity contribution in [2.24, 2.45) is 11.8 Å². The number of rotatable bonds is 2. The molecule has 1 saturated heterocycles. The van der Waals surface area contributed by atoms with Crippen LogP contribution in [0.5, 0.6) is 0 Å². The highest BCUT2D eigenvalue weighted by Crippen LogP contribution is 2.24. The van der Waals surface area contributed by atoms with Crippen molar-refractivity contribution in [3.8, 4) is 0 Å². The fourth-order valence-electron chi connectivity index (χ4n) is 2.00. The van der Waals surface area contributed by atoms with E-state index in [-0.39, 0.29) is 22.8 Å². The molecular formula is C13H14N2O2S. The van der Waals surface area contributed by atoms with Crippen molar-refractivity contribution < 1.29 is 9.59 Å². The molecule has 1 fully saturated rings. The number of para-hydroxylation sites is 1. The van der Waals surface area contributed by atoms with Crippen LogP contribution in [-0.2, 0) is 9.59 Å². The number of thiocarbonyl (C=S) groups is 1. The number of hydrogen-bond donors (Lipinski definition) is 1. The summed E-state index contributed by atoms with van der Waals surface area (Å²) in [7, 11) is 0. The first-order chi connectivity index (χ1) is 8.52. The number of benzene rings is 1. The normalized spacial score (nSPS) is 20.3. The summed E-state index contributed by atoms with van der Waals surface area (Å²) in [4.78, 5) is 25.5. The first kappa shape index (κ1) is 12.7. The number of nitrogens with zero attached hydrogens (tertiary/aromatic N) is 1. The summed E-state index contributed by atoms with van der Waals surface area (Å²) in [5.41, 5.74) is 0.679. The predicted octanol–water partition coefficient (Wildman–Crippen LogP) is 1.71. The Morgan fingerprint density at radius 2 is 1.83 bits per heavy atom.